The Kier molecular flexibility index (Phi) is 11.6. The molecule has 0 N–H and O–H groups in total. The van der Waals surface area contributed by atoms with Gasteiger partial charge in [0.1, 0.15) is 17.2 Å². The fourth-order valence-corrected chi connectivity index (χ4v) is 3.04. The number of ether oxygens (including phenoxy) is 3. The minimum atomic E-state index is -0.548. The summed E-state index contributed by atoms with van der Waals surface area (Å²) in [6.45, 7) is 6.95. The van der Waals surface area contributed by atoms with Gasteiger partial charge in [-0.15, -0.1) is 5.11 Å². The molecular formula is C29H31FN4O4. The standard InChI is InChI=1S/C29H31FN4O4/c1-3-5-18-36-25-15-10-23(11-16-25)32-34-28-17-12-24(21-27(28)30)33-31-22-8-13-26(14-9-22)37-19-6-7-20-38-29(35)4-2/h4,8-17,21H,2-3,5-7,18-20H2,1H3. The summed E-state index contributed by atoms with van der Waals surface area (Å²) in [5.41, 5.74) is 1.65. The molecule has 3 rings (SSSR count). The van der Waals surface area contributed by atoms with Gasteiger partial charge in [0.15, 0.2) is 5.82 Å². The van der Waals surface area contributed by atoms with E-state index in [2.05, 4.69) is 34.0 Å². The first kappa shape index (κ1) is 28.2. The van der Waals surface area contributed by atoms with Gasteiger partial charge in [0.05, 0.1) is 36.9 Å². The van der Waals surface area contributed by atoms with Crippen molar-refractivity contribution < 1.29 is 23.4 Å². The third kappa shape index (κ3) is 9.93. The van der Waals surface area contributed by atoms with E-state index in [1.807, 2.05) is 12.1 Å². The van der Waals surface area contributed by atoms with Crippen molar-refractivity contribution in [1.29, 1.82) is 0 Å². The Morgan fingerprint density at radius 1 is 0.763 bits per heavy atom. The summed E-state index contributed by atoms with van der Waals surface area (Å²) < 4.78 is 30.7. The van der Waals surface area contributed by atoms with Gasteiger partial charge in [0.2, 0.25) is 0 Å². The van der Waals surface area contributed by atoms with E-state index in [1.54, 1.807) is 42.5 Å². The van der Waals surface area contributed by atoms with Gasteiger partial charge < -0.3 is 14.2 Å². The van der Waals surface area contributed by atoms with Crippen LogP contribution in [0.25, 0.3) is 0 Å². The van der Waals surface area contributed by atoms with E-state index in [9.17, 15) is 9.18 Å². The number of rotatable bonds is 15. The van der Waals surface area contributed by atoms with Crippen LogP contribution >= 0.6 is 0 Å². The first-order valence-electron chi connectivity index (χ1n) is 12.5. The molecule has 0 atom stereocenters. The highest BCUT2D eigenvalue weighted by molar-refractivity contribution is 5.81. The molecule has 8 nitrogen and oxygen atoms in total. The average molecular weight is 519 g/mol. The van der Waals surface area contributed by atoms with Crippen molar-refractivity contribution in [3.05, 3.63) is 85.2 Å². The van der Waals surface area contributed by atoms with Crippen molar-refractivity contribution in [3.8, 4) is 11.5 Å². The third-order valence-corrected chi connectivity index (χ3v) is 5.14. The quantitative estimate of drug-likeness (QED) is 0.0870. The summed E-state index contributed by atoms with van der Waals surface area (Å²) in [5, 5.41) is 16.3. The molecule has 198 valence electrons. The van der Waals surface area contributed by atoms with Gasteiger partial charge in [0, 0.05) is 12.1 Å². The summed E-state index contributed by atoms with van der Waals surface area (Å²) in [6.07, 6.45) is 4.65. The fourth-order valence-electron chi connectivity index (χ4n) is 3.04. The van der Waals surface area contributed by atoms with E-state index < -0.39 is 11.8 Å². The van der Waals surface area contributed by atoms with Gasteiger partial charge >= 0.3 is 5.97 Å². The molecule has 0 saturated carbocycles. The van der Waals surface area contributed by atoms with Crippen LogP contribution in [0.1, 0.15) is 32.6 Å². The normalized spacial score (nSPS) is 11.1. The van der Waals surface area contributed by atoms with Crippen LogP contribution < -0.4 is 9.47 Å². The highest BCUT2D eigenvalue weighted by atomic mass is 19.1. The number of benzene rings is 3. The number of halogens is 1. The Hall–Kier alpha value is -4.40. The topological polar surface area (TPSA) is 94.2 Å². The predicted octanol–water partition coefficient (Wildman–Crippen LogP) is 8.72. The summed E-state index contributed by atoms with van der Waals surface area (Å²) in [7, 11) is 0. The Morgan fingerprint density at radius 3 is 1.87 bits per heavy atom. The zero-order valence-corrected chi connectivity index (χ0v) is 21.4. The lowest BCUT2D eigenvalue weighted by molar-refractivity contribution is -0.137. The van der Waals surface area contributed by atoms with Gasteiger partial charge in [-0.2, -0.15) is 15.3 Å². The lowest BCUT2D eigenvalue weighted by Gasteiger charge is -2.06. The SMILES string of the molecule is C=CC(=O)OCCCCOc1ccc(N=Nc2ccc(N=Nc3ccc(OCCCC)cc3)c(F)c2)cc1. The van der Waals surface area contributed by atoms with Crippen LogP contribution in [0, 0.1) is 5.82 Å². The van der Waals surface area contributed by atoms with E-state index >= 15 is 0 Å². The monoisotopic (exact) mass is 518 g/mol. The van der Waals surface area contributed by atoms with Gasteiger partial charge in [-0.1, -0.05) is 19.9 Å². The zero-order valence-electron chi connectivity index (χ0n) is 21.4. The average Bonchev–Trinajstić information content (AvgIpc) is 2.94. The number of nitrogens with zero attached hydrogens (tertiary/aromatic N) is 4. The molecule has 3 aromatic carbocycles. The smallest absolute Gasteiger partial charge is 0.330 e. The van der Waals surface area contributed by atoms with Crippen molar-refractivity contribution in [2.75, 3.05) is 19.8 Å². The predicted molar refractivity (Wildman–Crippen MR) is 144 cm³/mol. The van der Waals surface area contributed by atoms with Crippen LogP contribution in [0.2, 0.25) is 0 Å². The third-order valence-electron chi connectivity index (χ3n) is 5.14. The molecule has 0 radical (unpaired) electrons. The van der Waals surface area contributed by atoms with E-state index in [-0.39, 0.29) is 5.69 Å². The molecule has 0 aliphatic carbocycles. The lowest BCUT2D eigenvalue weighted by Crippen LogP contribution is -2.04. The molecule has 9 heteroatoms. The van der Waals surface area contributed by atoms with E-state index in [0.717, 1.165) is 31.1 Å². The highest BCUT2D eigenvalue weighted by Gasteiger charge is 2.04. The summed E-state index contributed by atoms with van der Waals surface area (Å²) in [5.74, 6) is 0.478. The van der Waals surface area contributed by atoms with Crippen LogP contribution in [0.4, 0.5) is 27.1 Å². The minimum Gasteiger partial charge on any atom is -0.494 e. The van der Waals surface area contributed by atoms with Gasteiger partial charge in [-0.3, -0.25) is 0 Å². The zero-order chi connectivity index (χ0) is 27.0. The fraction of sp³-hybridized carbons (Fsp3) is 0.276. The van der Waals surface area contributed by atoms with Crippen molar-refractivity contribution in [2.45, 2.75) is 32.6 Å². The maximum absolute atomic E-state index is 14.5. The van der Waals surface area contributed by atoms with E-state index in [1.165, 1.54) is 12.1 Å². The van der Waals surface area contributed by atoms with E-state index in [0.29, 0.717) is 49.1 Å². The van der Waals surface area contributed by atoms with Crippen molar-refractivity contribution >= 4 is 28.7 Å². The number of carbonyl (C=O) groups excluding carboxylic acids is 1. The second-order valence-electron chi connectivity index (χ2n) is 8.15. The van der Waals surface area contributed by atoms with Crippen LogP contribution in [-0.2, 0) is 9.53 Å². The van der Waals surface area contributed by atoms with Crippen LogP contribution in [-0.4, -0.2) is 25.8 Å². The molecule has 0 saturated heterocycles. The van der Waals surface area contributed by atoms with Crippen molar-refractivity contribution in [2.24, 2.45) is 20.5 Å². The van der Waals surface area contributed by atoms with Crippen molar-refractivity contribution in [3.63, 3.8) is 0 Å². The number of unbranched alkanes of at least 4 members (excludes halogenated alkanes) is 2. The maximum Gasteiger partial charge on any atom is 0.330 e. The number of hydrogen-bond donors (Lipinski definition) is 0. The number of carbonyl (C=O) groups is 1. The Morgan fingerprint density at radius 2 is 1.29 bits per heavy atom. The highest BCUT2D eigenvalue weighted by Crippen LogP contribution is 2.28. The molecule has 0 bridgehead atoms. The van der Waals surface area contributed by atoms with Crippen molar-refractivity contribution in [1.82, 2.24) is 0 Å². The molecule has 0 aliphatic rings. The molecule has 0 amide bonds. The molecule has 0 spiro atoms. The summed E-state index contributed by atoms with van der Waals surface area (Å²) in [4.78, 5) is 11.0. The maximum atomic E-state index is 14.5. The minimum absolute atomic E-state index is 0.104. The molecule has 0 fully saturated rings. The Balaban J connectivity index is 1.46. The molecule has 0 heterocycles. The lowest BCUT2D eigenvalue weighted by atomic mass is 10.3. The number of azo groups is 2. The molecule has 3 aromatic rings. The number of hydrogen-bond acceptors (Lipinski definition) is 8. The molecule has 0 aliphatic heterocycles. The van der Waals surface area contributed by atoms with Crippen LogP contribution in [0.5, 0.6) is 11.5 Å². The Bertz CT molecular complexity index is 1230. The molecular weight excluding hydrogens is 487 g/mol. The summed E-state index contributed by atoms with van der Waals surface area (Å²) >= 11 is 0. The summed E-state index contributed by atoms with van der Waals surface area (Å²) in [6, 6.07) is 18.6. The van der Waals surface area contributed by atoms with Crippen LogP contribution in [0.3, 0.4) is 0 Å². The molecule has 0 aromatic heterocycles. The van der Waals surface area contributed by atoms with Gasteiger partial charge in [0.25, 0.3) is 0 Å². The van der Waals surface area contributed by atoms with Crippen LogP contribution in [0.15, 0.2) is 99.8 Å². The second kappa shape index (κ2) is 15.7. The largest absolute Gasteiger partial charge is 0.494 e. The van der Waals surface area contributed by atoms with E-state index in [4.69, 9.17) is 14.2 Å². The Labute approximate surface area is 221 Å². The molecule has 38 heavy (non-hydrogen) atoms. The molecule has 0 unspecified atom stereocenters. The second-order valence-corrected chi connectivity index (χ2v) is 8.15. The van der Waals surface area contributed by atoms with Gasteiger partial charge in [-0.05, 0) is 79.9 Å². The first-order chi connectivity index (χ1) is 18.6. The van der Waals surface area contributed by atoms with Gasteiger partial charge in [-0.25, -0.2) is 9.18 Å². The number of esters is 1. The first-order valence-corrected chi connectivity index (χ1v) is 12.5.